The molecule has 0 aromatic heterocycles. The first-order valence-corrected chi connectivity index (χ1v) is 9.43. The molecule has 136 valence electrons. The second-order valence-corrected chi connectivity index (χ2v) is 7.77. The number of carbonyl (C=O) groups excluding carboxylic acids is 1. The zero-order valence-electron chi connectivity index (χ0n) is 16.1. The van der Waals surface area contributed by atoms with Crippen LogP contribution in [-0.4, -0.2) is 44.6 Å². The fourth-order valence-corrected chi connectivity index (χ4v) is 2.72. The van der Waals surface area contributed by atoms with Gasteiger partial charge in [0.25, 0.3) is 0 Å². The fraction of sp³-hybridized carbons (Fsp3) is 0.667. The minimum absolute atomic E-state index is 0.0963. The third kappa shape index (κ3) is 10.4. The molecule has 1 aromatic rings. The average Bonchev–Trinajstić information content (AvgIpc) is 2.52. The molecule has 0 heterocycles. The Kier molecular flexibility index (Phi) is 9.70. The summed E-state index contributed by atoms with van der Waals surface area (Å²) in [6.07, 6.45) is 10.5. The van der Waals surface area contributed by atoms with Crippen LogP contribution in [0.2, 0.25) is 0 Å². The van der Waals surface area contributed by atoms with Gasteiger partial charge in [0.2, 0.25) is 0 Å². The average molecular weight is 335 g/mol. The largest absolute Gasteiger partial charge is 0.494 e. The molecule has 1 aromatic carbocycles. The van der Waals surface area contributed by atoms with Gasteiger partial charge in [0.05, 0.1) is 34.3 Å². The summed E-state index contributed by atoms with van der Waals surface area (Å²) in [7, 11) is 6.79. The van der Waals surface area contributed by atoms with Gasteiger partial charge in [-0.05, 0) is 50.5 Å². The summed E-state index contributed by atoms with van der Waals surface area (Å²) in [5, 5.41) is 0. The molecule has 0 unspecified atom stereocenters. The van der Waals surface area contributed by atoms with Crippen LogP contribution >= 0.6 is 0 Å². The number of ether oxygens (including phenoxy) is 1. The molecule has 0 radical (unpaired) electrons. The highest BCUT2D eigenvalue weighted by Crippen LogP contribution is 2.14. The number of rotatable bonds is 13. The third-order valence-electron chi connectivity index (χ3n) is 4.25. The van der Waals surface area contributed by atoms with E-state index >= 15 is 0 Å². The van der Waals surface area contributed by atoms with E-state index in [1.165, 1.54) is 51.5 Å². The van der Waals surface area contributed by atoms with E-state index < -0.39 is 0 Å². The standard InChI is InChI=1S/C21H36NO2/c1-19(23)20-13-15-21(16-14-20)24-18-12-10-8-6-5-7-9-11-17-22(2,3)4/h13-16H,5-12,17-18H2,1-4H3/q+1. The lowest BCUT2D eigenvalue weighted by atomic mass is 10.1. The maximum atomic E-state index is 11.2. The highest BCUT2D eigenvalue weighted by Gasteiger charge is 2.05. The summed E-state index contributed by atoms with van der Waals surface area (Å²) >= 11 is 0. The van der Waals surface area contributed by atoms with Crippen molar-refractivity contribution in [2.24, 2.45) is 0 Å². The normalized spacial score (nSPS) is 11.5. The molecule has 0 spiro atoms. The maximum absolute atomic E-state index is 11.2. The SMILES string of the molecule is CC(=O)c1ccc(OCCCCCCCCCC[N+](C)(C)C)cc1. The van der Waals surface area contributed by atoms with E-state index in [-0.39, 0.29) is 5.78 Å². The minimum Gasteiger partial charge on any atom is -0.494 e. The van der Waals surface area contributed by atoms with E-state index in [1.807, 2.05) is 24.3 Å². The number of carbonyl (C=O) groups is 1. The molecule has 0 N–H and O–H groups in total. The van der Waals surface area contributed by atoms with Gasteiger partial charge >= 0.3 is 0 Å². The summed E-state index contributed by atoms with van der Waals surface area (Å²) in [4.78, 5) is 11.2. The molecule has 1 rings (SSSR count). The Hall–Kier alpha value is -1.35. The van der Waals surface area contributed by atoms with Gasteiger partial charge in [-0.3, -0.25) is 4.79 Å². The lowest BCUT2D eigenvalue weighted by Crippen LogP contribution is -2.35. The van der Waals surface area contributed by atoms with Gasteiger partial charge in [-0.1, -0.05) is 32.1 Å². The number of Topliss-reactive ketones (excluding diaryl/α,β-unsaturated/α-hetero) is 1. The predicted molar refractivity (Wildman–Crippen MR) is 102 cm³/mol. The molecule has 0 fully saturated rings. The van der Waals surface area contributed by atoms with E-state index in [2.05, 4.69) is 21.1 Å². The molecule has 0 aliphatic rings. The Bertz CT molecular complexity index is 460. The quantitative estimate of drug-likeness (QED) is 0.285. The Morgan fingerprint density at radius 1 is 0.833 bits per heavy atom. The van der Waals surface area contributed by atoms with Crippen molar-refractivity contribution in [3.8, 4) is 5.75 Å². The molecular formula is C21H36NO2+. The molecule has 3 heteroatoms. The number of nitrogens with zero attached hydrogens (tertiary/aromatic N) is 1. The van der Waals surface area contributed by atoms with E-state index in [4.69, 9.17) is 4.74 Å². The number of hydrogen-bond acceptors (Lipinski definition) is 2. The zero-order chi connectivity index (χ0) is 17.8. The number of quaternary nitrogens is 1. The summed E-state index contributed by atoms with van der Waals surface area (Å²) in [6.45, 7) is 3.63. The summed E-state index contributed by atoms with van der Waals surface area (Å²) in [5.74, 6) is 0.955. The van der Waals surface area contributed by atoms with E-state index in [9.17, 15) is 4.79 Å². The van der Waals surface area contributed by atoms with Crippen molar-refractivity contribution >= 4 is 5.78 Å². The van der Waals surface area contributed by atoms with Crippen LogP contribution in [0.25, 0.3) is 0 Å². The van der Waals surface area contributed by atoms with E-state index in [1.54, 1.807) is 6.92 Å². The van der Waals surface area contributed by atoms with Crippen molar-refractivity contribution in [1.29, 1.82) is 0 Å². The maximum Gasteiger partial charge on any atom is 0.159 e. The van der Waals surface area contributed by atoms with Gasteiger partial charge in [-0.2, -0.15) is 0 Å². The van der Waals surface area contributed by atoms with Crippen LogP contribution in [0.5, 0.6) is 5.75 Å². The Morgan fingerprint density at radius 2 is 1.33 bits per heavy atom. The first-order chi connectivity index (χ1) is 11.4. The number of benzene rings is 1. The van der Waals surface area contributed by atoms with Crippen LogP contribution in [0.1, 0.15) is 68.6 Å². The van der Waals surface area contributed by atoms with Crippen molar-refractivity contribution in [2.75, 3.05) is 34.3 Å². The lowest BCUT2D eigenvalue weighted by Gasteiger charge is -2.23. The van der Waals surface area contributed by atoms with Gasteiger partial charge in [-0.15, -0.1) is 0 Å². The van der Waals surface area contributed by atoms with Crippen molar-refractivity contribution in [3.05, 3.63) is 29.8 Å². The number of unbranched alkanes of at least 4 members (excludes halogenated alkanes) is 7. The highest BCUT2D eigenvalue weighted by molar-refractivity contribution is 5.94. The van der Waals surface area contributed by atoms with Crippen LogP contribution in [0, 0.1) is 0 Å². The van der Waals surface area contributed by atoms with Gasteiger partial charge < -0.3 is 9.22 Å². The van der Waals surface area contributed by atoms with Gasteiger partial charge in [0, 0.05) is 5.56 Å². The van der Waals surface area contributed by atoms with Crippen LogP contribution in [-0.2, 0) is 0 Å². The first kappa shape index (κ1) is 20.7. The van der Waals surface area contributed by atoms with Crippen LogP contribution in [0.4, 0.5) is 0 Å². The molecule has 0 aliphatic heterocycles. The van der Waals surface area contributed by atoms with Gasteiger partial charge in [0.1, 0.15) is 5.75 Å². The van der Waals surface area contributed by atoms with Crippen LogP contribution in [0.3, 0.4) is 0 Å². The first-order valence-electron chi connectivity index (χ1n) is 9.43. The molecule has 0 amide bonds. The highest BCUT2D eigenvalue weighted by atomic mass is 16.5. The van der Waals surface area contributed by atoms with Gasteiger partial charge in [-0.25, -0.2) is 0 Å². The van der Waals surface area contributed by atoms with Crippen molar-refractivity contribution < 1.29 is 14.0 Å². The Morgan fingerprint density at radius 3 is 1.83 bits per heavy atom. The third-order valence-corrected chi connectivity index (χ3v) is 4.25. The predicted octanol–water partition coefficient (Wildman–Crippen LogP) is 5.10. The molecule has 24 heavy (non-hydrogen) atoms. The van der Waals surface area contributed by atoms with Crippen LogP contribution < -0.4 is 4.74 Å². The molecule has 0 bridgehead atoms. The minimum atomic E-state index is 0.0963. The molecule has 0 saturated heterocycles. The molecular weight excluding hydrogens is 298 g/mol. The zero-order valence-corrected chi connectivity index (χ0v) is 16.1. The monoisotopic (exact) mass is 334 g/mol. The summed E-state index contributed by atoms with van der Waals surface area (Å²) in [6, 6.07) is 7.42. The Balaban J connectivity index is 1.93. The number of hydrogen-bond donors (Lipinski definition) is 0. The molecule has 0 saturated carbocycles. The van der Waals surface area contributed by atoms with E-state index in [0.29, 0.717) is 0 Å². The van der Waals surface area contributed by atoms with Crippen molar-refractivity contribution in [2.45, 2.75) is 58.3 Å². The second-order valence-electron chi connectivity index (χ2n) is 7.77. The van der Waals surface area contributed by atoms with Crippen LogP contribution in [0.15, 0.2) is 24.3 Å². The molecule has 3 nitrogen and oxygen atoms in total. The molecule has 0 atom stereocenters. The summed E-state index contributed by atoms with van der Waals surface area (Å²) in [5.41, 5.74) is 0.740. The smallest absolute Gasteiger partial charge is 0.159 e. The number of ketones is 1. The Labute approximate surface area is 148 Å². The second kappa shape index (κ2) is 11.2. The van der Waals surface area contributed by atoms with E-state index in [0.717, 1.165) is 28.8 Å². The van der Waals surface area contributed by atoms with Crippen molar-refractivity contribution in [1.82, 2.24) is 0 Å². The fourth-order valence-electron chi connectivity index (χ4n) is 2.72. The van der Waals surface area contributed by atoms with Crippen molar-refractivity contribution in [3.63, 3.8) is 0 Å². The van der Waals surface area contributed by atoms with Gasteiger partial charge in [0.15, 0.2) is 5.78 Å². The lowest BCUT2D eigenvalue weighted by molar-refractivity contribution is -0.870. The topological polar surface area (TPSA) is 26.3 Å². The summed E-state index contributed by atoms with van der Waals surface area (Å²) < 4.78 is 6.80. The molecule has 0 aliphatic carbocycles.